The molecule has 0 fully saturated rings. The lowest BCUT2D eigenvalue weighted by molar-refractivity contribution is 0.601. The highest BCUT2D eigenvalue weighted by Gasteiger charge is 2.16. The van der Waals surface area contributed by atoms with Gasteiger partial charge < -0.3 is 0 Å². The Kier molecular flexibility index (Phi) is 4.76. The molecule has 0 aromatic heterocycles. The van der Waals surface area contributed by atoms with Crippen LogP contribution in [0.3, 0.4) is 0 Å². The minimum Gasteiger partial charge on any atom is -0.279 e. The maximum Gasteiger partial charge on any atom is 0.261 e. The van der Waals surface area contributed by atoms with Crippen molar-refractivity contribution in [2.75, 3.05) is 4.72 Å². The van der Waals surface area contributed by atoms with Crippen LogP contribution in [0.2, 0.25) is 0 Å². The lowest BCUT2D eigenvalue weighted by Crippen LogP contribution is -2.14. The Balaban J connectivity index is 2.38. The highest BCUT2D eigenvalue weighted by Crippen LogP contribution is 2.28. The molecule has 3 nitrogen and oxygen atoms in total. The summed E-state index contributed by atoms with van der Waals surface area (Å²) in [6.45, 7) is 3.88. The first-order chi connectivity index (χ1) is 9.29. The monoisotopic (exact) mass is 465 g/mol. The van der Waals surface area contributed by atoms with Gasteiger partial charge in [-0.15, -0.1) is 0 Å². The van der Waals surface area contributed by atoms with E-state index in [0.29, 0.717) is 5.69 Å². The normalized spacial score (nSPS) is 11.4. The first-order valence-electron chi connectivity index (χ1n) is 5.85. The lowest BCUT2D eigenvalue weighted by Gasteiger charge is -2.11. The molecule has 0 atom stereocenters. The maximum absolute atomic E-state index is 12.3. The summed E-state index contributed by atoms with van der Waals surface area (Å²) in [7, 11) is -3.56. The minimum atomic E-state index is -3.56. The molecule has 0 aliphatic rings. The molecular weight excluding hydrogens is 453 g/mol. The van der Waals surface area contributed by atoms with Crippen molar-refractivity contribution < 1.29 is 8.42 Å². The number of aryl methyl sites for hydroxylation is 2. The van der Waals surface area contributed by atoms with E-state index in [0.717, 1.165) is 19.2 Å². The fraction of sp³-hybridized carbons (Fsp3) is 0.143. The number of rotatable bonds is 3. The summed E-state index contributed by atoms with van der Waals surface area (Å²) >= 11 is 5.53. The molecule has 0 saturated carbocycles. The zero-order valence-electron chi connectivity index (χ0n) is 10.9. The summed E-state index contributed by atoms with van der Waals surface area (Å²) < 4.78 is 29.0. The maximum atomic E-state index is 12.3. The average Bonchev–Trinajstić information content (AvgIpc) is 2.36. The fourth-order valence-corrected chi connectivity index (χ4v) is 4.00. The van der Waals surface area contributed by atoms with Gasteiger partial charge in [0, 0.05) is 8.04 Å². The number of nitrogens with one attached hydrogen (secondary N) is 1. The standard InChI is InChI=1S/C14H13BrINO2S/c1-9-3-5-11(6-4-9)20(18,19)17-14-8-12(15)10(2)7-13(14)16/h3-8,17H,1-2H3. The van der Waals surface area contributed by atoms with Crippen LogP contribution >= 0.6 is 38.5 Å². The molecule has 2 aromatic rings. The summed E-state index contributed by atoms with van der Waals surface area (Å²) in [6, 6.07) is 10.5. The van der Waals surface area contributed by atoms with E-state index in [1.54, 1.807) is 30.3 Å². The van der Waals surface area contributed by atoms with Gasteiger partial charge in [0.1, 0.15) is 0 Å². The molecule has 2 aromatic carbocycles. The first kappa shape index (κ1) is 15.8. The molecule has 0 unspecified atom stereocenters. The van der Waals surface area contributed by atoms with Gasteiger partial charge in [-0.1, -0.05) is 33.6 Å². The van der Waals surface area contributed by atoms with Crippen LogP contribution in [0, 0.1) is 17.4 Å². The van der Waals surface area contributed by atoms with Crippen LogP contribution in [-0.2, 0) is 10.0 Å². The third-order valence-corrected chi connectivity index (χ3v) is 5.95. The first-order valence-corrected chi connectivity index (χ1v) is 9.20. The van der Waals surface area contributed by atoms with Gasteiger partial charge in [0.25, 0.3) is 10.0 Å². The molecule has 106 valence electrons. The van der Waals surface area contributed by atoms with E-state index < -0.39 is 10.0 Å². The van der Waals surface area contributed by atoms with Crippen LogP contribution in [0.4, 0.5) is 5.69 Å². The van der Waals surface area contributed by atoms with Crippen LogP contribution in [0.5, 0.6) is 0 Å². The topological polar surface area (TPSA) is 46.2 Å². The molecule has 20 heavy (non-hydrogen) atoms. The Bertz CT molecular complexity index is 743. The van der Waals surface area contributed by atoms with Crippen LogP contribution < -0.4 is 4.72 Å². The van der Waals surface area contributed by atoms with Gasteiger partial charge in [0.05, 0.1) is 10.6 Å². The molecule has 0 heterocycles. The van der Waals surface area contributed by atoms with Crippen LogP contribution in [0.1, 0.15) is 11.1 Å². The smallest absolute Gasteiger partial charge is 0.261 e. The Morgan fingerprint density at radius 2 is 1.70 bits per heavy atom. The molecule has 6 heteroatoms. The summed E-state index contributed by atoms with van der Waals surface area (Å²) in [5, 5.41) is 0. The van der Waals surface area contributed by atoms with Crippen LogP contribution in [-0.4, -0.2) is 8.42 Å². The lowest BCUT2D eigenvalue weighted by atomic mass is 10.2. The van der Waals surface area contributed by atoms with Gasteiger partial charge in [-0.25, -0.2) is 8.42 Å². The fourth-order valence-electron chi connectivity index (χ4n) is 1.65. The zero-order valence-corrected chi connectivity index (χ0v) is 15.5. The van der Waals surface area contributed by atoms with Gasteiger partial charge >= 0.3 is 0 Å². The third kappa shape index (κ3) is 3.53. The minimum absolute atomic E-state index is 0.260. The van der Waals surface area contributed by atoms with E-state index in [2.05, 4.69) is 43.2 Å². The highest BCUT2D eigenvalue weighted by molar-refractivity contribution is 14.1. The third-order valence-electron chi connectivity index (χ3n) is 2.82. The molecule has 0 radical (unpaired) electrons. The average molecular weight is 466 g/mol. The predicted molar refractivity (Wildman–Crippen MR) is 93.6 cm³/mol. The van der Waals surface area contributed by atoms with Gasteiger partial charge in [-0.2, -0.15) is 0 Å². The Morgan fingerprint density at radius 1 is 1.10 bits per heavy atom. The second kappa shape index (κ2) is 6.03. The van der Waals surface area contributed by atoms with E-state index in [4.69, 9.17) is 0 Å². The Morgan fingerprint density at radius 3 is 2.30 bits per heavy atom. The van der Waals surface area contributed by atoms with Crippen molar-refractivity contribution in [3.05, 3.63) is 55.6 Å². The number of benzene rings is 2. The van der Waals surface area contributed by atoms with Crippen molar-refractivity contribution in [1.82, 2.24) is 0 Å². The molecule has 2 rings (SSSR count). The number of anilines is 1. The largest absolute Gasteiger partial charge is 0.279 e. The van der Waals surface area contributed by atoms with Crippen molar-refractivity contribution in [2.45, 2.75) is 18.7 Å². The quantitative estimate of drug-likeness (QED) is 0.679. The number of halogens is 2. The van der Waals surface area contributed by atoms with E-state index in [1.807, 2.05) is 19.9 Å². The van der Waals surface area contributed by atoms with E-state index in [-0.39, 0.29) is 4.90 Å². The zero-order chi connectivity index (χ0) is 14.9. The van der Waals surface area contributed by atoms with Gasteiger partial charge in [0.15, 0.2) is 0 Å². The van der Waals surface area contributed by atoms with Crippen LogP contribution in [0.25, 0.3) is 0 Å². The molecule has 0 spiro atoms. The highest BCUT2D eigenvalue weighted by atomic mass is 127. The SMILES string of the molecule is Cc1ccc(S(=O)(=O)Nc2cc(Br)c(C)cc2I)cc1. The molecule has 0 aliphatic carbocycles. The summed E-state index contributed by atoms with van der Waals surface area (Å²) in [5.74, 6) is 0. The van der Waals surface area contributed by atoms with Crippen molar-refractivity contribution in [3.63, 3.8) is 0 Å². The van der Waals surface area contributed by atoms with E-state index in [1.165, 1.54) is 0 Å². The predicted octanol–water partition coefficient (Wildman–Crippen LogP) is 4.47. The molecule has 0 amide bonds. The van der Waals surface area contributed by atoms with Crippen molar-refractivity contribution in [2.24, 2.45) is 0 Å². The van der Waals surface area contributed by atoms with Gasteiger partial charge in [-0.05, 0) is 66.3 Å². The van der Waals surface area contributed by atoms with Crippen molar-refractivity contribution in [1.29, 1.82) is 0 Å². The Hall–Kier alpha value is -0.600. The number of hydrogen-bond donors (Lipinski definition) is 1. The molecule has 0 aliphatic heterocycles. The van der Waals surface area contributed by atoms with Crippen LogP contribution in [0.15, 0.2) is 45.8 Å². The molecule has 1 N–H and O–H groups in total. The van der Waals surface area contributed by atoms with Gasteiger partial charge in [-0.3, -0.25) is 4.72 Å². The van der Waals surface area contributed by atoms with Gasteiger partial charge in [0.2, 0.25) is 0 Å². The summed E-state index contributed by atoms with van der Waals surface area (Å²) in [5.41, 5.74) is 2.66. The van der Waals surface area contributed by atoms with E-state index >= 15 is 0 Å². The molecule has 0 saturated heterocycles. The number of hydrogen-bond acceptors (Lipinski definition) is 2. The molecule has 0 bridgehead atoms. The summed E-state index contributed by atoms with van der Waals surface area (Å²) in [6.07, 6.45) is 0. The Labute approximate surface area is 141 Å². The van der Waals surface area contributed by atoms with E-state index in [9.17, 15) is 8.42 Å². The second-order valence-corrected chi connectivity index (χ2v) is 8.20. The van der Waals surface area contributed by atoms with Crippen molar-refractivity contribution >= 4 is 54.2 Å². The second-order valence-electron chi connectivity index (χ2n) is 4.50. The number of sulfonamides is 1. The molecular formula is C14H13BrINO2S. The van der Waals surface area contributed by atoms with Crippen molar-refractivity contribution in [3.8, 4) is 0 Å². The summed E-state index contributed by atoms with van der Waals surface area (Å²) in [4.78, 5) is 0.260.